The standard InChI is InChI=1S/C25H23Cl2N3OS/c1-32-15-14-22(29-25(31)17-8-3-2-4-9-17)24-28-21-12-5-6-13-23(21)30(24)16-18-19(26)10-7-11-20(18)27/h2-13,22H,14-16H2,1H3,(H,29,31)/t22-/m0/s1. The molecule has 0 fully saturated rings. The molecule has 0 bridgehead atoms. The normalized spacial score (nSPS) is 12.1. The Bertz CT molecular complexity index is 1210. The predicted octanol–water partition coefficient (Wildman–Crippen LogP) is 6.62. The van der Waals surface area contributed by atoms with Gasteiger partial charge in [0.15, 0.2) is 0 Å². The molecule has 4 aromatic rings. The average molecular weight is 484 g/mol. The Morgan fingerprint density at radius 1 is 1.00 bits per heavy atom. The van der Waals surface area contributed by atoms with E-state index >= 15 is 0 Å². The van der Waals surface area contributed by atoms with Gasteiger partial charge in [0.25, 0.3) is 5.91 Å². The van der Waals surface area contributed by atoms with E-state index in [9.17, 15) is 4.79 Å². The molecule has 0 spiro atoms. The molecule has 1 amide bonds. The van der Waals surface area contributed by atoms with Gasteiger partial charge >= 0.3 is 0 Å². The number of fused-ring (bicyclic) bond motifs is 1. The van der Waals surface area contributed by atoms with Gasteiger partial charge in [-0.3, -0.25) is 4.79 Å². The van der Waals surface area contributed by atoms with Crippen LogP contribution >= 0.6 is 35.0 Å². The Hall–Kier alpha value is -2.47. The van der Waals surface area contributed by atoms with Crippen LogP contribution in [-0.2, 0) is 6.54 Å². The van der Waals surface area contributed by atoms with Crippen LogP contribution < -0.4 is 5.32 Å². The summed E-state index contributed by atoms with van der Waals surface area (Å²) < 4.78 is 2.11. The van der Waals surface area contributed by atoms with E-state index in [0.717, 1.165) is 34.6 Å². The molecular weight excluding hydrogens is 461 g/mol. The Morgan fingerprint density at radius 3 is 2.41 bits per heavy atom. The molecule has 0 aliphatic rings. The lowest BCUT2D eigenvalue weighted by molar-refractivity contribution is 0.0933. The summed E-state index contributed by atoms with van der Waals surface area (Å²) >= 11 is 14.7. The van der Waals surface area contributed by atoms with Gasteiger partial charge in [0.05, 0.1) is 23.6 Å². The van der Waals surface area contributed by atoms with Crippen molar-refractivity contribution in [3.05, 3.63) is 99.8 Å². The summed E-state index contributed by atoms with van der Waals surface area (Å²) in [7, 11) is 0. The van der Waals surface area contributed by atoms with Crippen LogP contribution in [0.3, 0.4) is 0 Å². The topological polar surface area (TPSA) is 46.9 Å². The van der Waals surface area contributed by atoms with E-state index in [1.807, 2.05) is 72.8 Å². The highest BCUT2D eigenvalue weighted by molar-refractivity contribution is 7.98. The number of imidazole rings is 1. The van der Waals surface area contributed by atoms with Crippen molar-refractivity contribution in [1.29, 1.82) is 0 Å². The number of amides is 1. The maximum Gasteiger partial charge on any atom is 0.251 e. The van der Waals surface area contributed by atoms with Crippen molar-refractivity contribution in [3.8, 4) is 0 Å². The third kappa shape index (κ3) is 4.96. The van der Waals surface area contributed by atoms with E-state index in [4.69, 9.17) is 28.2 Å². The molecule has 1 N–H and O–H groups in total. The highest BCUT2D eigenvalue weighted by atomic mass is 35.5. The van der Waals surface area contributed by atoms with Gasteiger partial charge in [-0.05, 0) is 54.8 Å². The van der Waals surface area contributed by atoms with Crippen LogP contribution in [0.2, 0.25) is 10.0 Å². The van der Waals surface area contributed by atoms with Crippen molar-refractivity contribution in [2.75, 3.05) is 12.0 Å². The van der Waals surface area contributed by atoms with Gasteiger partial charge in [-0.1, -0.05) is 59.6 Å². The number of carbonyl (C=O) groups excluding carboxylic acids is 1. The minimum Gasteiger partial charge on any atom is -0.342 e. The molecule has 1 aromatic heterocycles. The Kier molecular flexibility index (Phi) is 7.40. The first kappa shape index (κ1) is 22.7. The van der Waals surface area contributed by atoms with Crippen molar-refractivity contribution in [2.45, 2.75) is 19.0 Å². The van der Waals surface area contributed by atoms with Crippen LogP contribution in [0.15, 0.2) is 72.8 Å². The molecule has 0 radical (unpaired) electrons. The van der Waals surface area contributed by atoms with E-state index in [1.165, 1.54) is 0 Å². The van der Waals surface area contributed by atoms with Gasteiger partial charge in [0.1, 0.15) is 5.82 Å². The van der Waals surface area contributed by atoms with Gasteiger partial charge in [0, 0.05) is 21.2 Å². The van der Waals surface area contributed by atoms with Crippen LogP contribution in [0, 0.1) is 0 Å². The first-order valence-corrected chi connectivity index (χ1v) is 12.5. The number of carbonyl (C=O) groups is 1. The van der Waals surface area contributed by atoms with Gasteiger partial charge in [-0.25, -0.2) is 4.98 Å². The van der Waals surface area contributed by atoms with Crippen LogP contribution in [0.4, 0.5) is 0 Å². The van der Waals surface area contributed by atoms with Crippen molar-refractivity contribution < 1.29 is 4.79 Å². The van der Waals surface area contributed by atoms with Crippen molar-refractivity contribution in [3.63, 3.8) is 0 Å². The zero-order valence-electron chi connectivity index (χ0n) is 17.6. The monoisotopic (exact) mass is 483 g/mol. The van der Waals surface area contributed by atoms with E-state index < -0.39 is 0 Å². The second-order valence-electron chi connectivity index (χ2n) is 7.42. The highest BCUT2D eigenvalue weighted by Crippen LogP contribution is 2.30. The number of rotatable bonds is 8. The molecule has 1 heterocycles. The third-order valence-electron chi connectivity index (χ3n) is 5.33. The zero-order chi connectivity index (χ0) is 22.5. The summed E-state index contributed by atoms with van der Waals surface area (Å²) in [6.45, 7) is 0.464. The van der Waals surface area contributed by atoms with Crippen LogP contribution in [0.1, 0.15) is 34.2 Å². The molecule has 1 atom stereocenters. The Balaban J connectivity index is 1.77. The van der Waals surface area contributed by atoms with Crippen LogP contribution in [0.25, 0.3) is 11.0 Å². The number of hydrogen-bond acceptors (Lipinski definition) is 3. The molecule has 0 unspecified atom stereocenters. The molecule has 4 nitrogen and oxygen atoms in total. The second-order valence-corrected chi connectivity index (χ2v) is 9.22. The fourth-order valence-electron chi connectivity index (χ4n) is 3.70. The molecule has 4 rings (SSSR count). The zero-order valence-corrected chi connectivity index (χ0v) is 19.9. The first-order chi connectivity index (χ1) is 15.6. The summed E-state index contributed by atoms with van der Waals surface area (Å²) in [5.74, 6) is 1.56. The highest BCUT2D eigenvalue weighted by Gasteiger charge is 2.23. The molecule has 0 saturated heterocycles. The number of para-hydroxylation sites is 2. The number of hydrogen-bond donors (Lipinski definition) is 1. The fraction of sp³-hybridized carbons (Fsp3) is 0.200. The summed E-state index contributed by atoms with van der Waals surface area (Å²) in [5.41, 5.74) is 3.30. The maximum absolute atomic E-state index is 13.0. The maximum atomic E-state index is 13.0. The Labute approximate surface area is 201 Å². The SMILES string of the molecule is CSCC[C@H](NC(=O)c1ccccc1)c1nc2ccccc2n1Cc1c(Cl)cccc1Cl. The largest absolute Gasteiger partial charge is 0.342 e. The van der Waals surface area contributed by atoms with Crippen LogP contribution in [-0.4, -0.2) is 27.5 Å². The van der Waals surface area contributed by atoms with E-state index in [-0.39, 0.29) is 11.9 Å². The molecule has 0 aliphatic heterocycles. The molecule has 3 aromatic carbocycles. The van der Waals surface area contributed by atoms with Gasteiger partial charge in [-0.15, -0.1) is 0 Å². The fourth-order valence-corrected chi connectivity index (χ4v) is 4.69. The van der Waals surface area contributed by atoms with Crippen molar-refractivity contribution in [1.82, 2.24) is 14.9 Å². The number of nitrogens with zero attached hydrogens (tertiary/aromatic N) is 2. The molecule has 0 saturated carbocycles. The quantitative estimate of drug-likeness (QED) is 0.306. The van der Waals surface area contributed by atoms with Crippen molar-refractivity contribution >= 4 is 51.9 Å². The number of thioether (sulfide) groups is 1. The Morgan fingerprint density at radius 2 is 1.69 bits per heavy atom. The predicted molar refractivity (Wildman–Crippen MR) is 135 cm³/mol. The van der Waals surface area contributed by atoms with E-state index in [2.05, 4.69) is 16.1 Å². The second kappa shape index (κ2) is 10.4. The van der Waals surface area contributed by atoms with Gasteiger partial charge in [0.2, 0.25) is 0 Å². The minimum atomic E-state index is -0.260. The first-order valence-electron chi connectivity index (χ1n) is 10.3. The number of aromatic nitrogens is 2. The molecule has 32 heavy (non-hydrogen) atoms. The summed E-state index contributed by atoms with van der Waals surface area (Å²) in [6.07, 6.45) is 2.81. The lowest BCUT2D eigenvalue weighted by Gasteiger charge is -2.21. The molecule has 0 aliphatic carbocycles. The van der Waals surface area contributed by atoms with Gasteiger partial charge in [-0.2, -0.15) is 11.8 Å². The lowest BCUT2D eigenvalue weighted by Crippen LogP contribution is -2.31. The summed E-state index contributed by atoms with van der Waals surface area (Å²) in [6, 6.07) is 22.5. The smallest absolute Gasteiger partial charge is 0.251 e. The average Bonchev–Trinajstić information content (AvgIpc) is 3.18. The molecule has 7 heteroatoms. The summed E-state index contributed by atoms with van der Waals surface area (Å²) in [5, 5.41) is 4.41. The van der Waals surface area contributed by atoms with Crippen LogP contribution in [0.5, 0.6) is 0 Å². The number of nitrogens with one attached hydrogen (secondary N) is 1. The number of benzene rings is 3. The van der Waals surface area contributed by atoms with Gasteiger partial charge < -0.3 is 9.88 Å². The minimum absolute atomic E-state index is 0.119. The molecular formula is C25H23Cl2N3OS. The van der Waals surface area contributed by atoms with E-state index in [0.29, 0.717) is 22.2 Å². The van der Waals surface area contributed by atoms with Crippen molar-refractivity contribution in [2.24, 2.45) is 0 Å². The lowest BCUT2D eigenvalue weighted by atomic mass is 10.1. The number of halogens is 2. The van der Waals surface area contributed by atoms with E-state index in [1.54, 1.807) is 11.8 Å². The summed E-state index contributed by atoms with van der Waals surface area (Å²) in [4.78, 5) is 17.9. The molecule has 164 valence electrons. The third-order valence-corrected chi connectivity index (χ3v) is 6.68.